The standard InChI is InChI=1S/C22H33NO/c1-5-9-10-12-18(7-3)20-13-15-21(16-14-20)22(23-17-24)19(8-4)11-6-2/h6,8,11,13-18,22H,5,7,9-10,12H2,1-4H3,(H,23,24)/b11-6-,19-8+. The van der Waals surface area contributed by atoms with Crippen molar-refractivity contribution in [2.45, 2.75) is 71.8 Å². The van der Waals surface area contributed by atoms with E-state index < -0.39 is 0 Å². The molecule has 2 nitrogen and oxygen atoms in total. The van der Waals surface area contributed by atoms with E-state index in [0.29, 0.717) is 5.92 Å². The van der Waals surface area contributed by atoms with E-state index in [9.17, 15) is 4.79 Å². The maximum atomic E-state index is 11.0. The van der Waals surface area contributed by atoms with Gasteiger partial charge in [-0.1, -0.05) is 75.6 Å². The Kier molecular flexibility index (Phi) is 9.83. The lowest BCUT2D eigenvalue weighted by atomic mass is 9.89. The van der Waals surface area contributed by atoms with Crippen molar-refractivity contribution in [1.29, 1.82) is 0 Å². The van der Waals surface area contributed by atoms with Gasteiger partial charge in [-0.15, -0.1) is 0 Å². The third-order valence-electron chi connectivity index (χ3n) is 4.65. The fourth-order valence-electron chi connectivity index (χ4n) is 3.21. The molecule has 1 amide bonds. The number of allylic oxidation sites excluding steroid dienone is 2. The highest BCUT2D eigenvalue weighted by molar-refractivity contribution is 5.51. The van der Waals surface area contributed by atoms with Gasteiger partial charge in [-0.3, -0.25) is 4.79 Å². The molecule has 0 spiro atoms. The van der Waals surface area contributed by atoms with E-state index in [1.807, 2.05) is 19.9 Å². The van der Waals surface area contributed by atoms with Gasteiger partial charge < -0.3 is 5.32 Å². The number of benzene rings is 1. The first-order valence-corrected chi connectivity index (χ1v) is 9.30. The van der Waals surface area contributed by atoms with Crippen molar-refractivity contribution in [2.75, 3.05) is 0 Å². The maximum absolute atomic E-state index is 11.0. The zero-order valence-corrected chi connectivity index (χ0v) is 15.7. The highest BCUT2D eigenvalue weighted by Gasteiger charge is 2.15. The summed E-state index contributed by atoms with van der Waals surface area (Å²) in [6.07, 6.45) is 13.2. The van der Waals surface area contributed by atoms with Crippen LogP contribution < -0.4 is 5.32 Å². The summed E-state index contributed by atoms with van der Waals surface area (Å²) in [6.45, 7) is 8.52. The number of hydrogen-bond donors (Lipinski definition) is 1. The van der Waals surface area contributed by atoms with E-state index in [4.69, 9.17) is 0 Å². The van der Waals surface area contributed by atoms with E-state index in [0.717, 1.165) is 17.5 Å². The van der Waals surface area contributed by atoms with Crippen LogP contribution in [0.1, 0.15) is 82.9 Å². The van der Waals surface area contributed by atoms with Gasteiger partial charge in [0.25, 0.3) is 0 Å². The molecule has 2 atom stereocenters. The van der Waals surface area contributed by atoms with Gasteiger partial charge in [-0.05, 0) is 49.3 Å². The van der Waals surface area contributed by atoms with Gasteiger partial charge in [0.05, 0.1) is 6.04 Å². The molecule has 1 aromatic rings. The van der Waals surface area contributed by atoms with Gasteiger partial charge in [-0.2, -0.15) is 0 Å². The molecule has 0 aliphatic carbocycles. The average Bonchev–Trinajstić information content (AvgIpc) is 2.62. The monoisotopic (exact) mass is 327 g/mol. The summed E-state index contributed by atoms with van der Waals surface area (Å²) in [4.78, 5) is 11.0. The van der Waals surface area contributed by atoms with Crippen LogP contribution in [0.5, 0.6) is 0 Å². The molecule has 0 saturated carbocycles. The quantitative estimate of drug-likeness (QED) is 0.298. The first kappa shape index (κ1) is 20.2. The smallest absolute Gasteiger partial charge is 0.207 e. The molecule has 0 aliphatic rings. The van der Waals surface area contributed by atoms with Crippen LogP contribution in [-0.2, 0) is 4.79 Å². The molecule has 0 heterocycles. The van der Waals surface area contributed by atoms with Gasteiger partial charge in [0.2, 0.25) is 6.41 Å². The minimum Gasteiger partial charge on any atom is -0.348 e. The first-order chi connectivity index (χ1) is 11.7. The molecule has 2 heteroatoms. The van der Waals surface area contributed by atoms with E-state index >= 15 is 0 Å². The van der Waals surface area contributed by atoms with Crippen molar-refractivity contribution in [3.8, 4) is 0 Å². The van der Waals surface area contributed by atoms with E-state index in [2.05, 4.69) is 55.6 Å². The third kappa shape index (κ3) is 5.99. The predicted octanol–water partition coefficient (Wildman–Crippen LogP) is 6.07. The maximum Gasteiger partial charge on any atom is 0.207 e. The molecular weight excluding hydrogens is 294 g/mol. The number of nitrogens with one attached hydrogen (secondary N) is 1. The Bertz CT molecular complexity index is 527. The van der Waals surface area contributed by atoms with Crippen LogP contribution in [0.4, 0.5) is 0 Å². The predicted molar refractivity (Wildman–Crippen MR) is 104 cm³/mol. The van der Waals surface area contributed by atoms with Crippen LogP contribution >= 0.6 is 0 Å². The normalized spacial score (nSPS) is 14.6. The fourth-order valence-corrected chi connectivity index (χ4v) is 3.21. The van der Waals surface area contributed by atoms with Gasteiger partial charge in [0.15, 0.2) is 0 Å². The number of rotatable bonds is 11. The summed E-state index contributed by atoms with van der Waals surface area (Å²) in [6, 6.07) is 8.70. The third-order valence-corrected chi connectivity index (χ3v) is 4.65. The number of hydrogen-bond acceptors (Lipinski definition) is 1. The molecule has 1 rings (SSSR count). The van der Waals surface area contributed by atoms with Crippen LogP contribution in [0.2, 0.25) is 0 Å². The summed E-state index contributed by atoms with van der Waals surface area (Å²) in [7, 11) is 0. The van der Waals surface area contributed by atoms with Crippen LogP contribution in [0.25, 0.3) is 0 Å². The minimum atomic E-state index is -0.0853. The zero-order chi connectivity index (χ0) is 17.8. The number of carbonyl (C=O) groups is 1. The second-order valence-corrected chi connectivity index (χ2v) is 6.27. The Labute approximate surface area is 148 Å². The lowest BCUT2D eigenvalue weighted by Gasteiger charge is -2.20. The minimum absolute atomic E-state index is 0.0853. The number of unbranched alkanes of at least 4 members (excludes halogenated alkanes) is 2. The van der Waals surface area contributed by atoms with Gasteiger partial charge in [-0.25, -0.2) is 0 Å². The Morgan fingerprint density at radius 3 is 2.25 bits per heavy atom. The summed E-state index contributed by atoms with van der Waals surface area (Å²) in [5.74, 6) is 0.639. The van der Waals surface area contributed by atoms with Gasteiger partial charge in [0.1, 0.15) is 0 Å². The van der Waals surface area contributed by atoms with Crippen molar-refractivity contribution in [2.24, 2.45) is 0 Å². The molecule has 1 aromatic carbocycles. The van der Waals surface area contributed by atoms with E-state index in [-0.39, 0.29) is 6.04 Å². The van der Waals surface area contributed by atoms with Crippen LogP contribution in [-0.4, -0.2) is 6.41 Å². The van der Waals surface area contributed by atoms with E-state index in [1.165, 1.54) is 37.7 Å². The summed E-state index contributed by atoms with van der Waals surface area (Å²) >= 11 is 0. The summed E-state index contributed by atoms with van der Waals surface area (Å²) in [5.41, 5.74) is 3.64. The van der Waals surface area contributed by atoms with Crippen molar-refractivity contribution in [3.63, 3.8) is 0 Å². The van der Waals surface area contributed by atoms with Gasteiger partial charge >= 0.3 is 0 Å². The lowest BCUT2D eigenvalue weighted by molar-refractivity contribution is -0.110. The molecule has 132 valence electrons. The van der Waals surface area contributed by atoms with E-state index in [1.54, 1.807) is 0 Å². The summed E-state index contributed by atoms with van der Waals surface area (Å²) < 4.78 is 0. The topological polar surface area (TPSA) is 29.1 Å². The fraction of sp³-hybridized carbons (Fsp3) is 0.500. The largest absolute Gasteiger partial charge is 0.348 e. The molecule has 2 unspecified atom stereocenters. The average molecular weight is 328 g/mol. The second-order valence-electron chi connectivity index (χ2n) is 6.27. The molecule has 0 aliphatic heterocycles. The second kappa shape index (κ2) is 11.7. The van der Waals surface area contributed by atoms with Gasteiger partial charge in [0, 0.05) is 0 Å². The van der Waals surface area contributed by atoms with Crippen molar-refractivity contribution >= 4 is 6.41 Å². The highest BCUT2D eigenvalue weighted by Crippen LogP contribution is 2.29. The highest BCUT2D eigenvalue weighted by atomic mass is 16.1. The Balaban J connectivity index is 2.94. The van der Waals surface area contributed by atoms with Crippen LogP contribution in [0.3, 0.4) is 0 Å². The molecule has 0 aromatic heterocycles. The van der Waals surface area contributed by atoms with Crippen molar-refractivity contribution in [1.82, 2.24) is 5.32 Å². The number of carbonyl (C=O) groups excluding carboxylic acids is 1. The Hall–Kier alpha value is -1.83. The Morgan fingerprint density at radius 1 is 1.08 bits per heavy atom. The molecule has 0 radical (unpaired) electrons. The van der Waals surface area contributed by atoms with Crippen LogP contribution in [0, 0.1) is 0 Å². The first-order valence-electron chi connectivity index (χ1n) is 9.30. The molecule has 0 fully saturated rings. The molecule has 1 N–H and O–H groups in total. The molecular formula is C22H33NO. The Morgan fingerprint density at radius 2 is 1.75 bits per heavy atom. The van der Waals surface area contributed by atoms with Crippen LogP contribution in [0.15, 0.2) is 48.1 Å². The van der Waals surface area contributed by atoms with Crippen molar-refractivity contribution < 1.29 is 4.79 Å². The van der Waals surface area contributed by atoms with Crippen molar-refractivity contribution in [3.05, 3.63) is 59.2 Å². The molecule has 0 bridgehead atoms. The number of amides is 1. The summed E-state index contributed by atoms with van der Waals surface area (Å²) in [5, 5.41) is 2.94. The molecule has 24 heavy (non-hydrogen) atoms. The SMILES string of the molecule is C/C=C\C(=C/C)C(NC=O)c1ccc(C(CC)CCCCC)cc1. The lowest BCUT2D eigenvalue weighted by Crippen LogP contribution is -2.21. The molecule has 0 saturated heterocycles. The zero-order valence-electron chi connectivity index (χ0n) is 15.7.